The molecule has 1 N–H and O–H groups in total. The van der Waals surface area contributed by atoms with Crippen molar-refractivity contribution in [3.63, 3.8) is 0 Å². The molecule has 2 amide bonds. The van der Waals surface area contributed by atoms with Gasteiger partial charge in [0.2, 0.25) is 5.91 Å². The quantitative estimate of drug-likeness (QED) is 0.657. The first-order chi connectivity index (χ1) is 12.0. The van der Waals surface area contributed by atoms with Crippen LogP contribution in [0.2, 0.25) is 5.02 Å². The minimum atomic E-state index is -0.591. The van der Waals surface area contributed by atoms with Crippen LogP contribution < -0.4 is 15.0 Å². The molecular formula is C15H11ClN4O5. The molecule has 0 fully saturated rings. The molecular weight excluding hydrogens is 352 g/mol. The summed E-state index contributed by atoms with van der Waals surface area (Å²) in [4.78, 5) is 39.6. The Labute approximate surface area is 146 Å². The van der Waals surface area contributed by atoms with Gasteiger partial charge in [-0.15, -0.1) is 0 Å². The van der Waals surface area contributed by atoms with Gasteiger partial charge in [0.05, 0.1) is 15.6 Å². The van der Waals surface area contributed by atoms with Crippen molar-refractivity contribution < 1.29 is 19.2 Å². The second kappa shape index (κ2) is 6.73. The lowest BCUT2D eigenvalue weighted by molar-refractivity contribution is -0.384. The normalized spacial score (nSPS) is 13.0. The molecule has 1 aromatic carbocycles. The van der Waals surface area contributed by atoms with E-state index in [0.717, 1.165) is 6.07 Å². The molecule has 10 heteroatoms. The minimum Gasteiger partial charge on any atom is -0.480 e. The highest BCUT2D eigenvalue weighted by molar-refractivity contribution is 6.34. The third-order valence-electron chi connectivity index (χ3n) is 3.40. The lowest BCUT2D eigenvalue weighted by Gasteiger charge is -2.27. The summed E-state index contributed by atoms with van der Waals surface area (Å²) in [6, 6.07) is 6.98. The summed E-state index contributed by atoms with van der Waals surface area (Å²) in [5, 5.41) is 13.2. The Morgan fingerprint density at radius 1 is 1.44 bits per heavy atom. The number of nitrogens with one attached hydrogen (secondary N) is 1. The van der Waals surface area contributed by atoms with E-state index in [-0.39, 0.29) is 35.4 Å². The molecule has 0 radical (unpaired) electrons. The Balaban J connectivity index is 1.75. The number of nitro groups is 1. The van der Waals surface area contributed by atoms with E-state index in [0.29, 0.717) is 5.75 Å². The third-order valence-corrected chi connectivity index (χ3v) is 3.71. The van der Waals surface area contributed by atoms with Crippen LogP contribution in [-0.4, -0.2) is 34.9 Å². The Hall–Kier alpha value is -3.20. The maximum Gasteiger partial charge on any atom is 0.271 e. The van der Waals surface area contributed by atoms with Gasteiger partial charge in [-0.2, -0.15) is 0 Å². The van der Waals surface area contributed by atoms with Crippen LogP contribution in [0, 0.1) is 10.1 Å². The number of nitro benzene ring substituents is 1. The zero-order chi connectivity index (χ0) is 18.0. The van der Waals surface area contributed by atoms with Crippen molar-refractivity contribution in [2.24, 2.45) is 0 Å². The number of non-ortho nitro benzene ring substituents is 1. The number of halogens is 1. The second-order valence-electron chi connectivity index (χ2n) is 5.06. The molecule has 1 aliphatic heterocycles. The predicted molar refractivity (Wildman–Crippen MR) is 88.8 cm³/mol. The highest BCUT2D eigenvalue weighted by atomic mass is 35.5. The Morgan fingerprint density at radius 2 is 2.24 bits per heavy atom. The van der Waals surface area contributed by atoms with Crippen LogP contribution in [0.15, 0.2) is 36.5 Å². The predicted octanol–water partition coefficient (Wildman–Crippen LogP) is 2.01. The first-order valence-corrected chi connectivity index (χ1v) is 7.45. The fraction of sp³-hybridized carbons (Fsp3) is 0.133. The number of aromatic nitrogens is 1. The number of carbonyl (C=O) groups excluding carboxylic acids is 2. The molecule has 0 saturated carbocycles. The first kappa shape index (κ1) is 16.7. The van der Waals surface area contributed by atoms with Crippen molar-refractivity contribution >= 4 is 40.6 Å². The molecule has 9 nitrogen and oxygen atoms in total. The summed E-state index contributed by atoms with van der Waals surface area (Å²) in [5.41, 5.74) is 0.0173. The summed E-state index contributed by atoms with van der Waals surface area (Å²) in [6.07, 6.45) is 1.49. The molecule has 3 rings (SSSR count). The molecule has 0 spiro atoms. The number of hydrogen-bond acceptors (Lipinski definition) is 6. The topological polar surface area (TPSA) is 115 Å². The van der Waals surface area contributed by atoms with Gasteiger partial charge in [-0.3, -0.25) is 24.6 Å². The van der Waals surface area contributed by atoms with Gasteiger partial charge in [0.1, 0.15) is 6.54 Å². The minimum absolute atomic E-state index is 0.0226. The number of anilines is 2. The standard InChI is InChI=1S/C15H11ClN4O5/c16-10-6-9(20(23)24)3-4-11(10)18-13(21)7-19-14(22)8-25-12-2-1-5-17-15(12)19/h1-6H,7-8H2,(H,18,21). The average molecular weight is 363 g/mol. The van der Waals surface area contributed by atoms with E-state index < -0.39 is 16.7 Å². The fourth-order valence-electron chi connectivity index (χ4n) is 2.25. The van der Waals surface area contributed by atoms with Gasteiger partial charge in [0.15, 0.2) is 18.2 Å². The summed E-state index contributed by atoms with van der Waals surface area (Å²) in [5.74, 6) is -0.272. The SMILES string of the molecule is O=C(CN1C(=O)COc2cccnc21)Nc1ccc([N+](=O)[O-])cc1Cl. The Morgan fingerprint density at radius 3 is 2.96 bits per heavy atom. The number of amides is 2. The van der Waals surface area contributed by atoms with Gasteiger partial charge in [-0.05, 0) is 18.2 Å². The van der Waals surface area contributed by atoms with E-state index in [2.05, 4.69) is 10.3 Å². The van der Waals surface area contributed by atoms with E-state index in [1.165, 1.54) is 23.2 Å². The van der Waals surface area contributed by atoms with E-state index in [4.69, 9.17) is 16.3 Å². The van der Waals surface area contributed by atoms with Gasteiger partial charge in [0.25, 0.3) is 11.6 Å². The molecule has 1 aromatic heterocycles. The van der Waals surface area contributed by atoms with E-state index in [1.807, 2.05) is 0 Å². The van der Waals surface area contributed by atoms with Crippen LogP contribution in [0.5, 0.6) is 5.75 Å². The Bertz CT molecular complexity index is 873. The smallest absolute Gasteiger partial charge is 0.271 e. The van der Waals surface area contributed by atoms with E-state index in [1.54, 1.807) is 12.1 Å². The molecule has 0 atom stereocenters. The number of fused-ring (bicyclic) bond motifs is 1. The highest BCUT2D eigenvalue weighted by Crippen LogP contribution is 2.29. The molecule has 25 heavy (non-hydrogen) atoms. The van der Waals surface area contributed by atoms with E-state index in [9.17, 15) is 19.7 Å². The number of benzene rings is 1. The number of hydrogen-bond donors (Lipinski definition) is 1. The highest BCUT2D eigenvalue weighted by Gasteiger charge is 2.28. The van der Waals surface area contributed by atoms with Crippen LogP contribution in [0.4, 0.5) is 17.2 Å². The van der Waals surface area contributed by atoms with Crippen molar-refractivity contribution in [1.29, 1.82) is 0 Å². The zero-order valence-corrected chi connectivity index (χ0v) is 13.4. The largest absolute Gasteiger partial charge is 0.480 e. The number of carbonyl (C=O) groups is 2. The summed E-state index contributed by atoms with van der Waals surface area (Å²) >= 11 is 5.94. The number of nitrogens with zero attached hydrogens (tertiary/aromatic N) is 3. The van der Waals surface area contributed by atoms with Crippen molar-refractivity contribution in [1.82, 2.24) is 4.98 Å². The van der Waals surface area contributed by atoms with Crippen LogP contribution in [0.1, 0.15) is 0 Å². The van der Waals surface area contributed by atoms with Crippen molar-refractivity contribution in [3.8, 4) is 5.75 Å². The number of ether oxygens (including phenoxy) is 1. The van der Waals surface area contributed by atoms with Crippen LogP contribution in [-0.2, 0) is 9.59 Å². The molecule has 2 aromatic rings. The molecule has 0 aliphatic carbocycles. The summed E-state index contributed by atoms with van der Waals surface area (Å²) < 4.78 is 5.25. The zero-order valence-electron chi connectivity index (χ0n) is 12.6. The molecule has 0 saturated heterocycles. The van der Waals surface area contributed by atoms with Crippen molar-refractivity contribution in [2.75, 3.05) is 23.4 Å². The van der Waals surface area contributed by atoms with Gasteiger partial charge >= 0.3 is 0 Å². The second-order valence-corrected chi connectivity index (χ2v) is 5.47. The van der Waals surface area contributed by atoms with Gasteiger partial charge < -0.3 is 10.1 Å². The fourth-order valence-corrected chi connectivity index (χ4v) is 2.47. The lowest BCUT2D eigenvalue weighted by atomic mass is 10.2. The van der Waals surface area contributed by atoms with Crippen LogP contribution in [0.3, 0.4) is 0 Å². The molecule has 0 unspecified atom stereocenters. The van der Waals surface area contributed by atoms with Gasteiger partial charge in [0, 0.05) is 18.3 Å². The molecule has 0 bridgehead atoms. The van der Waals surface area contributed by atoms with Crippen LogP contribution >= 0.6 is 11.6 Å². The summed E-state index contributed by atoms with van der Waals surface area (Å²) in [6.45, 7) is -0.482. The van der Waals surface area contributed by atoms with Crippen molar-refractivity contribution in [3.05, 3.63) is 51.7 Å². The third kappa shape index (κ3) is 3.50. The monoisotopic (exact) mass is 362 g/mol. The number of pyridine rings is 1. The number of rotatable bonds is 4. The lowest BCUT2D eigenvalue weighted by Crippen LogP contribution is -2.43. The van der Waals surface area contributed by atoms with Gasteiger partial charge in [-0.25, -0.2) is 4.98 Å². The van der Waals surface area contributed by atoms with Crippen LogP contribution in [0.25, 0.3) is 0 Å². The molecule has 2 heterocycles. The molecule has 1 aliphatic rings. The van der Waals surface area contributed by atoms with Gasteiger partial charge in [-0.1, -0.05) is 11.6 Å². The average Bonchev–Trinajstić information content (AvgIpc) is 2.59. The molecule has 128 valence electrons. The van der Waals surface area contributed by atoms with E-state index >= 15 is 0 Å². The summed E-state index contributed by atoms with van der Waals surface area (Å²) in [7, 11) is 0. The first-order valence-electron chi connectivity index (χ1n) is 7.07. The Kier molecular flexibility index (Phi) is 4.48. The maximum absolute atomic E-state index is 12.2. The van der Waals surface area contributed by atoms with Crippen molar-refractivity contribution in [2.45, 2.75) is 0 Å². The maximum atomic E-state index is 12.2.